The fraction of sp³-hybridized carbons (Fsp3) is 0.423. The van der Waals surface area contributed by atoms with Crippen LogP contribution in [0.1, 0.15) is 64.0 Å². The summed E-state index contributed by atoms with van der Waals surface area (Å²) >= 11 is 0. The summed E-state index contributed by atoms with van der Waals surface area (Å²) < 4.78 is 174. The van der Waals surface area contributed by atoms with E-state index >= 15 is 0 Å². The number of hydrogen-bond donors (Lipinski definition) is 6. The molecule has 436 valence electrons. The van der Waals surface area contributed by atoms with Crippen molar-refractivity contribution in [2.45, 2.75) is 83.3 Å². The van der Waals surface area contributed by atoms with Gasteiger partial charge in [0.2, 0.25) is 17.4 Å². The third-order valence-corrected chi connectivity index (χ3v) is 17.4. The lowest BCUT2D eigenvalue weighted by atomic mass is 9.76. The molecule has 2 aliphatic heterocycles. The van der Waals surface area contributed by atoms with Crippen molar-refractivity contribution in [3.8, 4) is 11.8 Å². The molecule has 1 unspecified atom stereocenters. The first kappa shape index (κ1) is 61.8. The Kier molecular flexibility index (Phi) is 19.1. The molecule has 7 rings (SSSR count). The molecule has 0 saturated carbocycles. The highest BCUT2D eigenvalue weighted by Gasteiger charge is 2.48. The molecule has 0 saturated heterocycles. The number of anilines is 1. The van der Waals surface area contributed by atoms with Crippen LogP contribution in [-0.4, -0.2) is 163 Å². The molecule has 3 heterocycles. The van der Waals surface area contributed by atoms with Gasteiger partial charge in [-0.05, 0) is 98.8 Å². The molecular weight excluding hydrogens is 1130 g/mol. The summed E-state index contributed by atoms with van der Waals surface area (Å²) in [5.41, 5.74) is 0.771. The largest absolute Gasteiger partial charge is 0.492 e. The van der Waals surface area contributed by atoms with Crippen LogP contribution in [0, 0.1) is 0 Å². The monoisotopic (exact) mass is 1190 g/mol. The van der Waals surface area contributed by atoms with E-state index in [0.29, 0.717) is 96.5 Å². The van der Waals surface area contributed by atoms with Gasteiger partial charge in [0.05, 0.1) is 61.5 Å². The molecule has 0 aliphatic carbocycles. The fourth-order valence-corrected chi connectivity index (χ4v) is 13.0. The first-order valence-electron chi connectivity index (χ1n) is 25.0. The minimum absolute atomic E-state index is 0.0344. The molecule has 0 amide bonds. The number of aromatic nitrogens is 1. The predicted octanol–water partition coefficient (Wildman–Crippen LogP) is 5.74. The number of fused-ring (bicyclic) bond motifs is 6. The summed E-state index contributed by atoms with van der Waals surface area (Å²) in [4.78, 5) is 16.6. The predicted molar refractivity (Wildman–Crippen MR) is 291 cm³/mol. The minimum Gasteiger partial charge on any atom is -0.492 e. The van der Waals surface area contributed by atoms with E-state index in [-0.39, 0.29) is 73.9 Å². The molecule has 4 aromatic carbocycles. The quantitative estimate of drug-likeness (QED) is 0.0198. The molecule has 0 bridgehead atoms. The second-order valence-electron chi connectivity index (χ2n) is 19.6. The third kappa shape index (κ3) is 13.4. The van der Waals surface area contributed by atoms with Gasteiger partial charge in [0.25, 0.3) is 40.5 Å². The van der Waals surface area contributed by atoms with Crippen LogP contribution in [0.4, 0.5) is 11.4 Å². The van der Waals surface area contributed by atoms with Gasteiger partial charge in [-0.3, -0.25) is 18.2 Å². The maximum Gasteiger partial charge on any atom is 0.333 e. The number of allylic oxidation sites excluding steroid dienone is 4. The molecule has 1 atom stereocenters. The van der Waals surface area contributed by atoms with Gasteiger partial charge in [-0.15, -0.1) is 4.73 Å². The highest BCUT2D eigenvalue weighted by Crippen LogP contribution is 2.54. The van der Waals surface area contributed by atoms with Crippen LogP contribution in [0.25, 0.3) is 21.5 Å². The van der Waals surface area contributed by atoms with Crippen molar-refractivity contribution in [2.75, 3.05) is 85.1 Å². The molecule has 80 heavy (non-hydrogen) atoms. The molecule has 1 aromatic heterocycles. The Bertz CT molecular complexity index is 3720. The van der Waals surface area contributed by atoms with E-state index in [0.717, 1.165) is 24.3 Å². The number of aromatic hydroxyl groups is 2. The maximum absolute atomic E-state index is 12.9. The number of benzene rings is 4. The van der Waals surface area contributed by atoms with Crippen LogP contribution in [0.5, 0.6) is 11.8 Å². The van der Waals surface area contributed by atoms with E-state index in [1.54, 1.807) is 37.5 Å². The van der Waals surface area contributed by atoms with Gasteiger partial charge in [-0.1, -0.05) is 12.1 Å². The van der Waals surface area contributed by atoms with Crippen molar-refractivity contribution in [2.24, 2.45) is 0 Å². The molecule has 5 aromatic rings. The van der Waals surface area contributed by atoms with Crippen LogP contribution < -0.4 is 9.74 Å². The normalized spacial score (nSPS) is 17.2. The average Bonchev–Trinajstić information content (AvgIpc) is 3.96. The topological polar surface area (TPSA) is 342 Å². The number of carbonyl (C=O) groups is 1. The van der Waals surface area contributed by atoms with Crippen LogP contribution in [0.3, 0.4) is 0 Å². The van der Waals surface area contributed by atoms with Gasteiger partial charge in [0.15, 0.2) is 5.71 Å². The van der Waals surface area contributed by atoms with E-state index in [4.69, 9.17) is 28.5 Å². The highest BCUT2D eigenvalue weighted by molar-refractivity contribution is 7.87. The molecule has 6 N–H and O–H groups in total. The second kappa shape index (κ2) is 24.7. The zero-order valence-corrected chi connectivity index (χ0v) is 47.7. The van der Waals surface area contributed by atoms with E-state index in [1.807, 2.05) is 30.2 Å². The molecule has 2 aliphatic rings. The Labute approximate surface area is 463 Å². The number of methoxy groups -OCH3 is 2. The summed E-state index contributed by atoms with van der Waals surface area (Å²) in [5.74, 6) is -1.70. The van der Waals surface area contributed by atoms with Gasteiger partial charge < -0.3 is 43.6 Å². The van der Waals surface area contributed by atoms with Gasteiger partial charge in [-0.2, -0.15) is 38.2 Å². The molecule has 0 fully saturated rings. The van der Waals surface area contributed by atoms with Gasteiger partial charge in [-0.25, -0.2) is 4.79 Å². The van der Waals surface area contributed by atoms with Gasteiger partial charge >= 0.3 is 5.97 Å². The highest BCUT2D eigenvalue weighted by atomic mass is 32.2. The molecule has 28 heteroatoms. The Balaban J connectivity index is 1.34. The fourth-order valence-electron chi connectivity index (χ4n) is 10.3. The second-order valence-corrected chi connectivity index (χ2v) is 25.2. The lowest BCUT2D eigenvalue weighted by molar-refractivity contribution is -0.438. The standard InChI is InChI=1S/C52H63N3O21S4/c1-51(2)44(53(20-8-6-7-12-48(58)76-55-46(56)17-18-47(55)57)40-15-13-36-38(49(40)51)30-34(77(59,60)61)32-42(36)79(65,66)67)10-9-11-45-52(3,19-22-73-26-27-75-29-28-74-25-24-72-5)50-39-31-35(78(62,63)64)33-43(80(68,69)70)37(39)14-16-41(50)54(45)21-23-71-4/h9-11,13-18,30-33H,6-8,12,19-29H2,1-5H3,(H5-,56,57,59,60,61,62,63,64,65,66,67,68,69,70)/p+1. The van der Waals surface area contributed by atoms with Crippen LogP contribution >= 0.6 is 0 Å². The van der Waals surface area contributed by atoms with E-state index in [1.165, 1.54) is 19.2 Å². The third-order valence-electron chi connectivity index (χ3n) is 14.0. The average molecular weight is 1200 g/mol. The van der Waals surface area contributed by atoms with E-state index in [9.17, 15) is 66.9 Å². The number of ether oxygens (including phenoxy) is 5. The summed E-state index contributed by atoms with van der Waals surface area (Å²) in [6, 6.07) is 12.0. The van der Waals surface area contributed by atoms with E-state index in [2.05, 4.69) is 0 Å². The first-order chi connectivity index (χ1) is 37.5. The Hall–Kier alpha value is -5.86. The summed E-state index contributed by atoms with van der Waals surface area (Å²) in [6.07, 6.45) is 6.58. The summed E-state index contributed by atoms with van der Waals surface area (Å²) in [7, 11) is -17.2. The number of carbonyl (C=O) groups excluding carboxylic acids is 1. The number of unbranched alkanes of at least 4 members (excludes halogenated alkanes) is 2. The van der Waals surface area contributed by atoms with Crippen molar-refractivity contribution < 1.29 is 100.0 Å². The smallest absolute Gasteiger partial charge is 0.333 e. The van der Waals surface area contributed by atoms with Crippen molar-refractivity contribution in [1.29, 1.82) is 0 Å². The van der Waals surface area contributed by atoms with Crippen molar-refractivity contribution >= 4 is 85.1 Å². The van der Waals surface area contributed by atoms with Crippen LogP contribution in [0.2, 0.25) is 0 Å². The number of rotatable bonds is 28. The number of hydrogen-bond acceptors (Lipinski definition) is 18. The Morgan fingerprint density at radius 2 is 1.14 bits per heavy atom. The van der Waals surface area contributed by atoms with Crippen LogP contribution in [-0.2, 0) is 79.8 Å². The zero-order valence-electron chi connectivity index (χ0n) is 44.4. The Morgan fingerprint density at radius 1 is 0.613 bits per heavy atom. The lowest BCUT2D eigenvalue weighted by Gasteiger charge is -2.31. The van der Waals surface area contributed by atoms with Gasteiger partial charge in [0.1, 0.15) is 16.3 Å². The van der Waals surface area contributed by atoms with Crippen molar-refractivity contribution in [1.82, 2.24) is 4.73 Å². The van der Waals surface area contributed by atoms with E-state index < -0.39 is 88.6 Å². The van der Waals surface area contributed by atoms with Crippen molar-refractivity contribution in [3.63, 3.8) is 0 Å². The zero-order chi connectivity index (χ0) is 58.6. The molecular formula is C52H64N3O21S4+. The lowest BCUT2D eigenvalue weighted by Crippen LogP contribution is -2.32. The first-order valence-corrected chi connectivity index (χ1v) is 30.8. The molecule has 0 spiro atoms. The SMILES string of the molecule is COCCOCCOCCOCCC1(C)/C(=C\C=C/C2=[N+](CCCCCC(=O)On3c(O)ccc3O)c3ccc4c(S(=O)(=O)O)cc(S(=O)(=O)O)cc4c3C2(C)C)N(CCOC)c2ccc3c(S(=O)(=O)O)cc(S(=O)(=O)O)cc3c21. The Morgan fingerprint density at radius 3 is 1.68 bits per heavy atom. The minimum atomic E-state index is -5.09. The summed E-state index contributed by atoms with van der Waals surface area (Å²) in [5, 5.41) is 20.0. The van der Waals surface area contributed by atoms with Gasteiger partial charge in [0, 0.05) is 97.6 Å². The van der Waals surface area contributed by atoms with Crippen molar-refractivity contribution in [3.05, 3.63) is 95.7 Å². The molecule has 24 nitrogen and oxygen atoms in total. The summed E-state index contributed by atoms with van der Waals surface area (Å²) in [6.45, 7) is 8.00. The number of nitrogens with zero attached hydrogens (tertiary/aromatic N) is 3. The molecule has 0 radical (unpaired) electrons. The van der Waals surface area contributed by atoms with Crippen LogP contribution in [0.15, 0.2) is 104 Å². The maximum atomic E-state index is 12.9.